The van der Waals surface area contributed by atoms with Gasteiger partial charge in [-0.15, -0.1) is 5.10 Å². The highest BCUT2D eigenvalue weighted by Gasteiger charge is 2.15. The van der Waals surface area contributed by atoms with E-state index in [0.717, 1.165) is 17.1 Å². The third kappa shape index (κ3) is 3.15. The Hall–Kier alpha value is -2.51. The van der Waals surface area contributed by atoms with Gasteiger partial charge in [0.2, 0.25) is 0 Å². The molecule has 0 bridgehead atoms. The van der Waals surface area contributed by atoms with Gasteiger partial charge in [0, 0.05) is 30.4 Å². The fourth-order valence-electron chi connectivity index (χ4n) is 2.48. The maximum absolute atomic E-state index is 9.27. The van der Waals surface area contributed by atoms with E-state index >= 15 is 0 Å². The van der Waals surface area contributed by atoms with Crippen molar-refractivity contribution in [2.24, 2.45) is 0 Å². The molecule has 0 aliphatic carbocycles. The van der Waals surface area contributed by atoms with Crippen LogP contribution in [-0.2, 0) is 0 Å². The lowest BCUT2D eigenvalue weighted by atomic mass is 10.2. The average Bonchev–Trinajstić information content (AvgIpc) is 2.98. The first-order chi connectivity index (χ1) is 11.2. The summed E-state index contributed by atoms with van der Waals surface area (Å²) in [6.45, 7) is 2.67. The number of aliphatic hydroxyl groups is 2. The SMILES string of the molecule is Cc1cc(N(CCO)CCO)n2nc(-c3ccccc3)nc2n1. The van der Waals surface area contributed by atoms with Crippen LogP contribution in [0.5, 0.6) is 0 Å². The maximum Gasteiger partial charge on any atom is 0.254 e. The van der Waals surface area contributed by atoms with E-state index in [-0.39, 0.29) is 13.2 Å². The predicted molar refractivity (Wildman–Crippen MR) is 87.3 cm³/mol. The summed E-state index contributed by atoms with van der Waals surface area (Å²) in [5.74, 6) is 1.85. The first kappa shape index (κ1) is 15.4. The minimum Gasteiger partial charge on any atom is -0.395 e. The number of aryl methyl sites for hydroxylation is 1. The van der Waals surface area contributed by atoms with E-state index in [1.165, 1.54) is 0 Å². The molecule has 2 aromatic heterocycles. The Bertz CT molecular complexity index is 782. The lowest BCUT2D eigenvalue weighted by Crippen LogP contribution is -2.31. The zero-order valence-corrected chi connectivity index (χ0v) is 12.9. The van der Waals surface area contributed by atoms with Crippen LogP contribution in [0, 0.1) is 6.92 Å². The number of rotatable bonds is 6. The number of hydrogen-bond donors (Lipinski definition) is 2. The zero-order chi connectivity index (χ0) is 16.2. The largest absolute Gasteiger partial charge is 0.395 e. The lowest BCUT2D eigenvalue weighted by Gasteiger charge is -2.23. The molecule has 0 atom stereocenters. The number of nitrogens with zero attached hydrogens (tertiary/aromatic N) is 5. The van der Waals surface area contributed by atoms with Crippen molar-refractivity contribution in [3.8, 4) is 11.4 Å². The number of aromatic nitrogens is 4. The predicted octanol–water partition coefficient (Wildman–Crippen LogP) is 0.891. The molecule has 0 saturated heterocycles. The van der Waals surface area contributed by atoms with Crippen molar-refractivity contribution in [2.75, 3.05) is 31.2 Å². The van der Waals surface area contributed by atoms with Crippen LogP contribution in [0.4, 0.5) is 5.82 Å². The first-order valence-electron chi connectivity index (χ1n) is 7.49. The number of benzene rings is 1. The quantitative estimate of drug-likeness (QED) is 0.703. The van der Waals surface area contributed by atoms with Crippen LogP contribution in [0.15, 0.2) is 36.4 Å². The number of aliphatic hydroxyl groups excluding tert-OH is 2. The minimum absolute atomic E-state index is 0.0108. The van der Waals surface area contributed by atoms with Crippen molar-refractivity contribution in [2.45, 2.75) is 6.92 Å². The van der Waals surface area contributed by atoms with E-state index in [4.69, 9.17) is 0 Å². The molecule has 120 valence electrons. The van der Waals surface area contributed by atoms with E-state index in [9.17, 15) is 10.2 Å². The third-order valence-corrected chi connectivity index (χ3v) is 3.52. The van der Waals surface area contributed by atoms with Gasteiger partial charge in [0.15, 0.2) is 5.82 Å². The van der Waals surface area contributed by atoms with Gasteiger partial charge in [-0.05, 0) is 6.92 Å². The lowest BCUT2D eigenvalue weighted by molar-refractivity contribution is 0.280. The van der Waals surface area contributed by atoms with Crippen molar-refractivity contribution >= 4 is 11.6 Å². The van der Waals surface area contributed by atoms with Gasteiger partial charge >= 0.3 is 0 Å². The molecule has 23 heavy (non-hydrogen) atoms. The van der Waals surface area contributed by atoms with Gasteiger partial charge in [0.1, 0.15) is 5.82 Å². The molecule has 2 heterocycles. The molecule has 2 N–H and O–H groups in total. The van der Waals surface area contributed by atoms with Gasteiger partial charge in [0.25, 0.3) is 5.78 Å². The standard InChI is InChI=1S/C16H19N5O2/c1-12-11-14(20(7-9-22)8-10-23)21-16(17-12)18-15(19-21)13-5-3-2-4-6-13/h2-6,11,22-23H,7-10H2,1H3. The molecular formula is C16H19N5O2. The Kier molecular flexibility index (Phi) is 4.50. The molecule has 3 aromatic rings. The van der Waals surface area contributed by atoms with Crippen molar-refractivity contribution in [3.05, 3.63) is 42.1 Å². The van der Waals surface area contributed by atoms with Gasteiger partial charge in [-0.3, -0.25) is 0 Å². The molecule has 0 fully saturated rings. The normalized spacial score (nSPS) is 11.1. The van der Waals surface area contributed by atoms with Crippen molar-refractivity contribution in [1.82, 2.24) is 19.6 Å². The molecule has 0 spiro atoms. The highest BCUT2D eigenvalue weighted by Crippen LogP contribution is 2.20. The summed E-state index contributed by atoms with van der Waals surface area (Å²) in [7, 11) is 0. The van der Waals surface area contributed by atoms with Crippen LogP contribution in [0.3, 0.4) is 0 Å². The number of anilines is 1. The molecule has 7 heteroatoms. The van der Waals surface area contributed by atoms with Crippen LogP contribution < -0.4 is 4.90 Å². The summed E-state index contributed by atoms with van der Waals surface area (Å²) < 4.78 is 1.65. The fourth-order valence-corrected chi connectivity index (χ4v) is 2.48. The molecule has 0 unspecified atom stereocenters. The van der Waals surface area contributed by atoms with Gasteiger partial charge in [0.05, 0.1) is 13.2 Å². The first-order valence-corrected chi connectivity index (χ1v) is 7.49. The molecular weight excluding hydrogens is 294 g/mol. The smallest absolute Gasteiger partial charge is 0.254 e. The second-order valence-corrected chi connectivity index (χ2v) is 5.20. The van der Waals surface area contributed by atoms with Gasteiger partial charge in [-0.25, -0.2) is 4.98 Å². The van der Waals surface area contributed by atoms with Crippen LogP contribution in [-0.4, -0.2) is 56.1 Å². The summed E-state index contributed by atoms with van der Waals surface area (Å²) in [6.07, 6.45) is 0. The monoisotopic (exact) mass is 313 g/mol. The second kappa shape index (κ2) is 6.72. The summed E-state index contributed by atoms with van der Waals surface area (Å²) in [4.78, 5) is 10.8. The Balaban J connectivity index is 2.12. The Morgan fingerprint density at radius 1 is 1.04 bits per heavy atom. The van der Waals surface area contributed by atoms with Crippen molar-refractivity contribution in [1.29, 1.82) is 0 Å². The zero-order valence-electron chi connectivity index (χ0n) is 12.9. The Labute approximate surface area is 133 Å². The molecule has 0 aliphatic heterocycles. The van der Waals surface area contributed by atoms with E-state index < -0.39 is 0 Å². The van der Waals surface area contributed by atoms with Crippen LogP contribution in [0.25, 0.3) is 17.2 Å². The average molecular weight is 313 g/mol. The molecule has 0 aliphatic rings. The third-order valence-electron chi connectivity index (χ3n) is 3.52. The summed E-state index contributed by atoms with van der Waals surface area (Å²) in [5.41, 5.74) is 1.72. The second-order valence-electron chi connectivity index (χ2n) is 5.20. The Morgan fingerprint density at radius 3 is 2.39 bits per heavy atom. The van der Waals surface area contributed by atoms with Crippen LogP contribution >= 0.6 is 0 Å². The summed E-state index contributed by atoms with van der Waals surface area (Å²) >= 11 is 0. The van der Waals surface area contributed by atoms with Gasteiger partial charge in [-0.2, -0.15) is 9.50 Å². The Morgan fingerprint density at radius 2 is 1.74 bits per heavy atom. The number of hydrogen-bond acceptors (Lipinski definition) is 6. The molecule has 0 amide bonds. The van der Waals surface area contributed by atoms with E-state index in [2.05, 4.69) is 15.1 Å². The van der Waals surface area contributed by atoms with Gasteiger partial charge < -0.3 is 15.1 Å². The van der Waals surface area contributed by atoms with E-state index in [1.807, 2.05) is 48.2 Å². The van der Waals surface area contributed by atoms with Crippen molar-refractivity contribution in [3.63, 3.8) is 0 Å². The molecule has 7 nitrogen and oxygen atoms in total. The van der Waals surface area contributed by atoms with E-state index in [0.29, 0.717) is 24.7 Å². The van der Waals surface area contributed by atoms with Gasteiger partial charge in [-0.1, -0.05) is 30.3 Å². The highest BCUT2D eigenvalue weighted by molar-refractivity contribution is 5.58. The molecule has 3 rings (SSSR count). The highest BCUT2D eigenvalue weighted by atomic mass is 16.3. The maximum atomic E-state index is 9.27. The van der Waals surface area contributed by atoms with Crippen molar-refractivity contribution < 1.29 is 10.2 Å². The van der Waals surface area contributed by atoms with Crippen LogP contribution in [0.2, 0.25) is 0 Å². The molecule has 0 saturated carbocycles. The molecule has 1 aromatic carbocycles. The molecule has 0 radical (unpaired) electrons. The van der Waals surface area contributed by atoms with E-state index in [1.54, 1.807) is 4.52 Å². The number of fused-ring (bicyclic) bond motifs is 1. The minimum atomic E-state index is -0.0108. The topological polar surface area (TPSA) is 86.8 Å². The fraction of sp³-hybridized carbons (Fsp3) is 0.312. The van der Waals surface area contributed by atoms with Crippen LogP contribution in [0.1, 0.15) is 5.69 Å². The summed E-state index contributed by atoms with van der Waals surface area (Å²) in [6, 6.07) is 11.6. The summed E-state index contributed by atoms with van der Waals surface area (Å²) in [5, 5.41) is 23.1.